The average Bonchev–Trinajstić information content (AvgIpc) is 2.20. The van der Waals surface area contributed by atoms with Gasteiger partial charge in [-0.3, -0.25) is 0 Å². The normalized spacial score (nSPS) is 9.92. The molecule has 0 radical (unpaired) electrons. The van der Waals surface area contributed by atoms with Crippen LogP contribution in [0.1, 0.15) is 0 Å². The molecule has 1 nitrogen and oxygen atoms in total. The summed E-state index contributed by atoms with van der Waals surface area (Å²) in [6.07, 6.45) is 1.82. The molecule has 0 N–H and O–H groups in total. The number of nitrogens with zero attached hydrogens (tertiary/aromatic N) is 1. The Morgan fingerprint density at radius 1 is 0.923 bits per heavy atom. The maximum absolute atomic E-state index is 4.31. The quantitative estimate of drug-likeness (QED) is 0.769. The van der Waals surface area contributed by atoms with Crippen molar-refractivity contribution >= 4 is 4.08 Å². The summed E-state index contributed by atoms with van der Waals surface area (Å²) in [4.78, 5) is 4.31. The molecule has 0 fully saturated rings. The molecule has 2 aromatic rings. The van der Waals surface area contributed by atoms with E-state index in [1.807, 2.05) is 36.5 Å². The molecule has 0 saturated heterocycles. The first-order valence-corrected chi connectivity index (χ1v) is 5.21. The summed E-state index contributed by atoms with van der Waals surface area (Å²) >= 11 is 2.10. The van der Waals surface area contributed by atoms with E-state index in [9.17, 15) is 0 Å². The van der Waals surface area contributed by atoms with Gasteiger partial charge in [0.1, 0.15) is 0 Å². The van der Waals surface area contributed by atoms with Crippen molar-refractivity contribution in [2.45, 2.75) is 0 Å². The minimum atomic E-state index is 1.04. The van der Waals surface area contributed by atoms with E-state index in [1.165, 1.54) is 9.64 Å². The van der Waals surface area contributed by atoms with Crippen LogP contribution in [0.15, 0.2) is 48.7 Å². The van der Waals surface area contributed by atoms with Gasteiger partial charge in [-0.2, -0.15) is 0 Å². The summed E-state index contributed by atoms with van der Waals surface area (Å²) in [7, 11) is 0. The van der Waals surface area contributed by atoms with Crippen LogP contribution in [-0.2, 0) is 18.9 Å². The van der Waals surface area contributed by atoms with Gasteiger partial charge in [0.25, 0.3) is 0 Å². The molecule has 2 heteroatoms. The van der Waals surface area contributed by atoms with Gasteiger partial charge in [0, 0.05) is 0 Å². The van der Waals surface area contributed by atoms with Gasteiger partial charge in [-0.05, 0) is 0 Å². The SMILES string of the molecule is [Ir+2][c]1ccccc1-c1ccccn1. The minimum absolute atomic E-state index is 1.04. The molecule has 0 amide bonds. The van der Waals surface area contributed by atoms with Crippen molar-refractivity contribution in [1.29, 1.82) is 0 Å². The van der Waals surface area contributed by atoms with Crippen molar-refractivity contribution in [2.75, 3.05) is 0 Å². The summed E-state index contributed by atoms with van der Waals surface area (Å²) in [6.45, 7) is 0. The molecular formula is C11H8IrN+2. The molecule has 0 aliphatic heterocycles. The van der Waals surface area contributed by atoms with Gasteiger partial charge in [-0.25, -0.2) is 0 Å². The summed E-state index contributed by atoms with van der Waals surface area (Å²) in [5.74, 6) is 0. The van der Waals surface area contributed by atoms with Gasteiger partial charge < -0.3 is 0 Å². The van der Waals surface area contributed by atoms with E-state index in [-0.39, 0.29) is 0 Å². The van der Waals surface area contributed by atoms with E-state index >= 15 is 0 Å². The Morgan fingerprint density at radius 2 is 1.69 bits per heavy atom. The van der Waals surface area contributed by atoms with Crippen LogP contribution >= 0.6 is 0 Å². The Balaban J connectivity index is 2.54. The Labute approximate surface area is 88.0 Å². The first kappa shape index (κ1) is 8.61. The van der Waals surface area contributed by atoms with E-state index in [0.717, 1.165) is 5.69 Å². The van der Waals surface area contributed by atoms with Gasteiger partial charge in [0.15, 0.2) is 0 Å². The molecule has 64 valence electrons. The van der Waals surface area contributed by atoms with Gasteiger partial charge >= 0.3 is 87.9 Å². The molecule has 0 unspecified atom stereocenters. The van der Waals surface area contributed by atoms with Crippen LogP contribution in [0, 0.1) is 0 Å². The van der Waals surface area contributed by atoms with Gasteiger partial charge in [-0.15, -0.1) is 0 Å². The second-order valence-electron chi connectivity index (χ2n) is 2.67. The average molecular weight is 346 g/mol. The van der Waals surface area contributed by atoms with Crippen molar-refractivity contribution in [1.82, 2.24) is 4.98 Å². The molecule has 13 heavy (non-hydrogen) atoms. The number of hydrogen-bond acceptors (Lipinski definition) is 1. The summed E-state index contributed by atoms with van der Waals surface area (Å²) < 4.78 is 1.27. The first-order chi connectivity index (χ1) is 6.38. The second-order valence-corrected chi connectivity index (χ2v) is 3.96. The van der Waals surface area contributed by atoms with Crippen molar-refractivity contribution in [3.8, 4) is 11.3 Å². The number of benzene rings is 1. The van der Waals surface area contributed by atoms with Crippen LogP contribution in [0.2, 0.25) is 0 Å². The van der Waals surface area contributed by atoms with Crippen LogP contribution in [0.3, 0.4) is 0 Å². The van der Waals surface area contributed by atoms with Gasteiger partial charge in [0.2, 0.25) is 0 Å². The zero-order chi connectivity index (χ0) is 9.10. The predicted octanol–water partition coefficient (Wildman–Crippen LogP) is 1.92. The maximum atomic E-state index is 4.31. The summed E-state index contributed by atoms with van der Waals surface area (Å²) in [6, 6.07) is 14.2. The van der Waals surface area contributed by atoms with E-state index in [1.54, 1.807) is 0 Å². The van der Waals surface area contributed by atoms with Gasteiger partial charge in [0.05, 0.1) is 0 Å². The third-order valence-electron chi connectivity index (χ3n) is 1.80. The zero-order valence-corrected chi connectivity index (χ0v) is 9.29. The first-order valence-electron chi connectivity index (χ1n) is 4.01. The third kappa shape index (κ3) is 1.85. The number of pyridine rings is 1. The fourth-order valence-corrected chi connectivity index (χ4v) is 1.91. The van der Waals surface area contributed by atoms with E-state index in [4.69, 9.17) is 0 Å². The molecule has 1 aromatic heterocycles. The summed E-state index contributed by atoms with van der Waals surface area (Å²) in [5.41, 5.74) is 2.25. The molecule has 1 heterocycles. The zero-order valence-electron chi connectivity index (χ0n) is 6.90. The fourth-order valence-electron chi connectivity index (χ4n) is 1.18. The van der Waals surface area contributed by atoms with Crippen LogP contribution in [0.25, 0.3) is 11.3 Å². The van der Waals surface area contributed by atoms with Crippen molar-refractivity contribution in [3.05, 3.63) is 48.7 Å². The van der Waals surface area contributed by atoms with Crippen molar-refractivity contribution < 1.29 is 18.9 Å². The molecular weight excluding hydrogens is 338 g/mol. The van der Waals surface area contributed by atoms with Crippen LogP contribution < -0.4 is 4.08 Å². The molecule has 0 aliphatic carbocycles. The predicted molar refractivity (Wildman–Crippen MR) is 49.3 cm³/mol. The molecule has 0 spiro atoms. The topological polar surface area (TPSA) is 12.9 Å². The van der Waals surface area contributed by atoms with E-state index < -0.39 is 0 Å². The standard InChI is InChI=1S/C11H8N.Ir/c1-2-6-10(7-3-1)11-8-4-5-9-12-11;/h1-6,8-9H;/q;+2. The molecule has 0 aliphatic rings. The van der Waals surface area contributed by atoms with Crippen molar-refractivity contribution in [3.63, 3.8) is 0 Å². The Kier molecular flexibility index (Phi) is 2.53. The van der Waals surface area contributed by atoms with Gasteiger partial charge in [-0.1, -0.05) is 0 Å². The van der Waals surface area contributed by atoms with Crippen molar-refractivity contribution in [2.24, 2.45) is 0 Å². The van der Waals surface area contributed by atoms with E-state index in [2.05, 4.69) is 36.0 Å². The third-order valence-corrected chi connectivity index (χ3v) is 2.84. The fraction of sp³-hybridized carbons (Fsp3) is 0. The van der Waals surface area contributed by atoms with E-state index in [0.29, 0.717) is 0 Å². The number of aromatic nitrogens is 1. The van der Waals surface area contributed by atoms with Crippen LogP contribution in [0.4, 0.5) is 0 Å². The van der Waals surface area contributed by atoms with Crippen LogP contribution in [0.5, 0.6) is 0 Å². The number of hydrogen-bond donors (Lipinski definition) is 0. The summed E-state index contributed by atoms with van der Waals surface area (Å²) in [5, 5.41) is 0. The molecule has 0 bridgehead atoms. The Hall–Kier alpha value is -0.981. The van der Waals surface area contributed by atoms with Crippen LogP contribution in [-0.4, -0.2) is 4.98 Å². The number of rotatable bonds is 1. The second kappa shape index (κ2) is 3.82. The monoisotopic (exact) mass is 347 g/mol. The molecule has 0 atom stereocenters. The molecule has 2 rings (SSSR count). The Morgan fingerprint density at radius 3 is 2.38 bits per heavy atom. The Bertz CT molecular complexity index is 398. The molecule has 0 saturated carbocycles. The molecule has 1 aromatic carbocycles.